The molecule has 4 heteroatoms. The molecule has 0 bridgehead atoms. The maximum Gasteiger partial charge on any atom is 0.331 e. The minimum Gasteiger partial charge on any atom is -0.481 e. The van der Waals surface area contributed by atoms with E-state index in [0.717, 1.165) is 19.3 Å². The Bertz CT molecular complexity index is 349. The molecular formula is C19H34O4. The van der Waals surface area contributed by atoms with Gasteiger partial charge in [-0.3, -0.25) is 4.79 Å². The quantitative estimate of drug-likeness (QED) is 0.293. The van der Waals surface area contributed by atoms with Gasteiger partial charge in [-0.15, -0.1) is 0 Å². The molecule has 134 valence electrons. The normalized spacial score (nSPS) is 12.0. The lowest BCUT2D eigenvalue weighted by Gasteiger charge is -2.11. The van der Waals surface area contributed by atoms with E-state index in [1.165, 1.54) is 57.8 Å². The lowest BCUT2D eigenvalue weighted by molar-refractivity contribution is -0.144. The van der Waals surface area contributed by atoms with Crippen molar-refractivity contribution in [3.05, 3.63) is 12.2 Å². The van der Waals surface area contributed by atoms with Crippen molar-refractivity contribution in [2.75, 3.05) is 0 Å². The lowest BCUT2D eigenvalue weighted by Crippen LogP contribution is -2.20. The monoisotopic (exact) mass is 326 g/mol. The van der Waals surface area contributed by atoms with E-state index in [4.69, 9.17) is 10.2 Å². The SMILES string of the molecule is C=C(C(=O)O)C(CCCCCCCCCCCCCC)C(=O)O. The van der Waals surface area contributed by atoms with Gasteiger partial charge < -0.3 is 10.2 Å². The van der Waals surface area contributed by atoms with Crippen LogP contribution in [0.4, 0.5) is 0 Å². The van der Waals surface area contributed by atoms with Crippen molar-refractivity contribution >= 4 is 11.9 Å². The number of carboxylic acid groups (broad SMARTS) is 2. The van der Waals surface area contributed by atoms with Gasteiger partial charge in [-0.05, 0) is 6.42 Å². The number of aliphatic carboxylic acids is 2. The van der Waals surface area contributed by atoms with Crippen LogP contribution in [0.15, 0.2) is 12.2 Å². The Kier molecular flexibility index (Phi) is 13.5. The molecule has 1 atom stereocenters. The standard InChI is InChI=1S/C19H34O4/c1-3-4-5-6-7-8-9-10-11-12-13-14-15-17(19(22)23)16(2)18(20)21/h17H,2-15H2,1H3,(H,20,21)(H,22,23). The van der Waals surface area contributed by atoms with Crippen LogP contribution in [0.25, 0.3) is 0 Å². The molecule has 0 aromatic carbocycles. The molecule has 1 unspecified atom stereocenters. The summed E-state index contributed by atoms with van der Waals surface area (Å²) < 4.78 is 0. The summed E-state index contributed by atoms with van der Waals surface area (Å²) in [7, 11) is 0. The zero-order valence-electron chi connectivity index (χ0n) is 14.7. The Labute approximate surface area is 141 Å². The molecule has 0 rings (SSSR count). The number of carboxylic acids is 2. The first-order valence-corrected chi connectivity index (χ1v) is 9.15. The van der Waals surface area contributed by atoms with Crippen molar-refractivity contribution in [3.8, 4) is 0 Å². The molecular weight excluding hydrogens is 292 g/mol. The van der Waals surface area contributed by atoms with Crippen molar-refractivity contribution in [2.45, 2.75) is 90.4 Å². The Morgan fingerprint density at radius 3 is 1.52 bits per heavy atom. The maximum absolute atomic E-state index is 11.1. The number of hydrogen-bond donors (Lipinski definition) is 2. The summed E-state index contributed by atoms with van der Waals surface area (Å²) in [4.78, 5) is 21.9. The van der Waals surface area contributed by atoms with E-state index < -0.39 is 17.9 Å². The van der Waals surface area contributed by atoms with Gasteiger partial charge in [-0.25, -0.2) is 4.79 Å². The largest absolute Gasteiger partial charge is 0.481 e. The van der Waals surface area contributed by atoms with Gasteiger partial charge in [0.1, 0.15) is 0 Å². The number of hydrogen-bond acceptors (Lipinski definition) is 2. The molecule has 23 heavy (non-hydrogen) atoms. The van der Waals surface area contributed by atoms with Crippen LogP contribution in [-0.2, 0) is 9.59 Å². The first-order valence-electron chi connectivity index (χ1n) is 9.15. The van der Waals surface area contributed by atoms with Gasteiger partial charge in [0.15, 0.2) is 0 Å². The second-order valence-electron chi connectivity index (χ2n) is 6.40. The van der Waals surface area contributed by atoms with Crippen LogP contribution >= 0.6 is 0 Å². The molecule has 0 aromatic rings. The van der Waals surface area contributed by atoms with Gasteiger partial charge in [0.05, 0.1) is 5.92 Å². The van der Waals surface area contributed by atoms with Crippen LogP contribution in [0.5, 0.6) is 0 Å². The molecule has 0 aromatic heterocycles. The van der Waals surface area contributed by atoms with Gasteiger partial charge in [-0.1, -0.05) is 90.6 Å². The van der Waals surface area contributed by atoms with E-state index in [1.54, 1.807) is 0 Å². The summed E-state index contributed by atoms with van der Waals surface area (Å²) >= 11 is 0. The molecule has 0 saturated carbocycles. The zero-order valence-corrected chi connectivity index (χ0v) is 14.7. The Balaban J connectivity index is 3.52. The summed E-state index contributed by atoms with van der Waals surface area (Å²) in [6, 6.07) is 0. The summed E-state index contributed by atoms with van der Waals surface area (Å²) in [6.45, 7) is 5.60. The fraction of sp³-hybridized carbons (Fsp3) is 0.789. The third-order valence-corrected chi connectivity index (χ3v) is 4.34. The summed E-state index contributed by atoms with van der Waals surface area (Å²) in [5, 5.41) is 17.9. The van der Waals surface area contributed by atoms with Crippen LogP contribution in [0, 0.1) is 5.92 Å². The summed E-state index contributed by atoms with van der Waals surface area (Å²) in [5.74, 6) is -3.24. The first kappa shape index (κ1) is 21.7. The highest BCUT2D eigenvalue weighted by molar-refractivity contribution is 5.93. The highest BCUT2D eigenvalue weighted by atomic mass is 16.4. The molecule has 0 amide bonds. The average Bonchev–Trinajstić information content (AvgIpc) is 2.51. The molecule has 0 spiro atoms. The number of unbranched alkanes of at least 4 members (excludes halogenated alkanes) is 11. The smallest absolute Gasteiger partial charge is 0.331 e. The molecule has 0 saturated heterocycles. The fourth-order valence-electron chi connectivity index (χ4n) is 2.79. The van der Waals surface area contributed by atoms with Crippen molar-refractivity contribution < 1.29 is 19.8 Å². The Hall–Kier alpha value is -1.32. The van der Waals surface area contributed by atoms with Gasteiger partial charge in [0.2, 0.25) is 0 Å². The fourth-order valence-corrected chi connectivity index (χ4v) is 2.79. The number of rotatable bonds is 16. The van der Waals surface area contributed by atoms with Crippen molar-refractivity contribution in [2.24, 2.45) is 5.92 Å². The molecule has 4 nitrogen and oxygen atoms in total. The van der Waals surface area contributed by atoms with Gasteiger partial charge in [0, 0.05) is 5.57 Å². The van der Waals surface area contributed by atoms with Crippen LogP contribution in [0.3, 0.4) is 0 Å². The van der Waals surface area contributed by atoms with E-state index in [2.05, 4.69) is 13.5 Å². The maximum atomic E-state index is 11.1. The number of carbonyl (C=O) groups is 2. The predicted octanol–water partition coefficient (Wildman–Crippen LogP) is 5.42. The second kappa shape index (κ2) is 14.3. The minimum absolute atomic E-state index is 0.208. The molecule has 0 aliphatic carbocycles. The third kappa shape index (κ3) is 11.8. The van der Waals surface area contributed by atoms with Crippen molar-refractivity contribution in [1.29, 1.82) is 0 Å². The topological polar surface area (TPSA) is 74.6 Å². The van der Waals surface area contributed by atoms with E-state index in [1.807, 2.05) is 0 Å². The van der Waals surface area contributed by atoms with Crippen molar-refractivity contribution in [3.63, 3.8) is 0 Å². The second-order valence-corrected chi connectivity index (χ2v) is 6.40. The summed E-state index contributed by atoms with van der Waals surface area (Å²) in [6.07, 6.45) is 15.0. The van der Waals surface area contributed by atoms with Crippen LogP contribution < -0.4 is 0 Å². The molecule has 0 radical (unpaired) electrons. The highest BCUT2D eigenvalue weighted by Gasteiger charge is 2.24. The van der Waals surface area contributed by atoms with Gasteiger partial charge in [0.25, 0.3) is 0 Å². The minimum atomic E-state index is -1.21. The average molecular weight is 326 g/mol. The summed E-state index contributed by atoms with van der Waals surface area (Å²) in [5.41, 5.74) is -0.208. The van der Waals surface area contributed by atoms with E-state index in [9.17, 15) is 9.59 Å². The van der Waals surface area contributed by atoms with Crippen molar-refractivity contribution in [1.82, 2.24) is 0 Å². The van der Waals surface area contributed by atoms with Gasteiger partial charge >= 0.3 is 11.9 Å². The predicted molar refractivity (Wildman–Crippen MR) is 93.6 cm³/mol. The van der Waals surface area contributed by atoms with E-state index in [0.29, 0.717) is 6.42 Å². The third-order valence-electron chi connectivity index (χ3n) is 4.34. The van der Waals surface area contributed by atoms with Gasteiger partial charge in [-0.2, -0.15) is 0 Å². The molecule has 0 heterocycles. The molecule has 0 aliphatic heterocycles. The molecule has 2 N–H and O–H groups in total. The van der Waals surface area contributed by atoms with Crippen LogP contribution in [-0.4, -0.2) is 22.2 Å². The molecule has 0 fully saturated rings. The zero-order chi connectivity index (χ0) is 17.5. The first-order chi connectivity index (χ1) is 11.0. The van der Waals surface area contributed by atoms with E-state index in [-0.39, 0.29) is 5.57 Å². The van der Waals surface area contributed by atoms with Crippen LogP contribution in [0.1, 0.15) is 90.4 Å². The molecule has 0 aliphatic rings. The Morgan fingerprint density at radius 1 is 0.783 bits per heavy atom. The van der Waals surface area contributed by atoms with Crippen LogP contribution in [0.2, 0.25) is 0 Å². The Morgan fingerprint density at radius 2 is 1.17 bits per heavy atom. The lowest BCUT2D eigenvalue weighted by atomic mass is 9.93. The highest BCUT2D eigenvalue weighted by Crippen LogP contribution is 2.19. The van der Waals surface area contributed by atoms with E-state index >= 15 is 0 Å².